The predicted octanol–water partition coefficient (Wildman–Crippen LogP) is 1.22. The van der Waals surface area contributed by atoms with E-state index in [-0.39, 0.29) is 18.9 Å². The molecule has 0 amide bonds. The Bertz CT molecular complexity index is 488. The molecule has 0 spiro atoms. The first-order valence-corrected chi connectivity index (χ1v) is 5.56. The summed E-state index contributed by atoms with van der Waals surface area (Å²) in [5.74, 6) is -1.28. The van der Waals surface area contributed by atoms with Crippen molar-refractivity contribution in [3.05, 3.63) is 11.7 Å². The van der Waals surface area contributed by atoms with Gasteiger partial charge in [-0.3, -0.25) is 9.69 Å². The van der Waals surface area contributed by atoms with Gasteiger partial charge in [-0.2, -0.15) is 18.2 Å². The Kier molecular flexibility index (Phi) is 3.25. The topological polar surface area (TPSA) is 79.5 Å². The summed E-state index contributed by atoms with van der Waals surface area (Å²) in [7, 11) is 0. The van der Waals surface area contributed by atoms with Crippen LogP contribution in [0.2, 0.25) is 0 Å². The maximum Gasteiger partial charge on any atom is 0.406 e. The Morgan fingerprint density at radius 2 is 2.26 bits per heavy atom. The molecular weight excluding hydrogens is 267 g/mol. The fourth-order valence-corrected chi connectivity index (χ4v) is 2.16. The predicted molar refractivity (Wildman–Crippen MR) is 55.1 cm³/mol. The Morgan fingerprint density at radius 3 is 2.68 bits per heavy atom. The number of hydrogen-bond donors (Lipinski definition) is 1. The van der Waals surface area contributed by atoms with Gasteiger partial charge in [0.1, 0.15) is 0 Å². The summed E-state index contributed by atoms with van der Waals surface area (Å²) in [4.78, 5) is 16.2. The lowest BCUT2D eigenvalue weighted by atomic mass is 9.86. The molecule has 0 radical (unpaired) electrons. The lowest BCUT2D eigenvalue weighted by molar-refractivity contribution is -0.227. The second-order valence-electron chi connectivity index (χ2n) is 4.58. The molecule has 2 heterocycles. The Hall–Kier alpha value is -1.64. The molecule has 1 atom stereocenters. The van der Waals surface area contributed by atoms with Crippen LogP contribution in [0.3, 0.4) is 0 Å². The van der Waals surface area contributed by atoms with Crippen molar-refractivity contribution in [2.45, 2.75) is 26.1 Å². The summed E-state index contributed by atoms with van der Waals surface area (Å²) in [5, 5.41) is 12.5. The van der Waals surface area contributed by atoms with Crippen LogP contribution in [0, 0.1) is 12.3 Å². The largest absolute Gasteiger partial charge is 0.481 e. The van der Waals surface area contributed by atoms with Crippen LogP contribution in [0.4, 0.5) is 13.2 Å². The lowest BCUT2D eigenvalue weighted by Crippen LogP contribution is -2.47. The third-order valence-electron chi connectivity index (χ3n) is 3.24. The van der Waals surface area contributed by atoms with E-state index in [0.717, 1.165) is 0 Å². The molecular formula is C10H12F3N3O3. The summed E-state index contributed by atoms with van der Waals surface area (Å²) in [6, 6.07) is 0. The summed E-state index contributed by atoms with van der Waals surface area (Å²) < 4.78 is 43.5. The summed E-state index contributed by atoms with van der Waals surface area (Å²) in [6.45, 7) is 1.04. The zero-order valence-corrected chi connectivity index (χ0v) is 10.1. The van der Waals surface area contributed by atoms with Gasteiger partial charge < -0.3 is 9.63 Å². The molecule has 0 aliphatic carbocycles. The maximum absolute atomic E-state index is 12.9. The molecule has 1 N–H and O–H groups in total. The number of aryl methyl sites for hydroxylation is 1. The molecule has 1 aliphatic heterocycles. The van der Waals surface area contributed by atoms with Gasteiger partial charge in [-0.05, 0) is 6.42 Å². The zero-order valence-electron chi connectivity index (χ0n) is 10.1. The van der Waals surface area contributed by atoms with Gasteiger partial charge in [-0.1, -0.05) is 5.16 Å². The number of aromatic nitrogens is 2. The van der Waals surface area contributed by atoms with Crippen molar-refractivity contribution in [2.24, 2.45) is 5.41 Å². The van der Waals surface area contributed by atoms with Gasteiger partial charge in [0.25, 0.3) is 0 Å². The third kappa shape index (κ3) is 2.42. The van der Waals surface area contributed by atoms with Gasteiger partial charge in [-0.25, -0.2) is 0 Å². The second-order valence-corrected chi connectivity index (χ2v) is 4.58. The van der Waals surface area contributed by atoms with Crippen molar-refractivity contribution in [1.82, 2.24) is 15.0 Å². The summed E-state index contributed by atoms with van der Waals surface area (Å²) >= 11 is 0. The van der Waals surface area contributed by atoms with Gasteiger partial charge in [-0.15, -0.1) is 0 Å². The molecule has 0 saturated carbocycles. The highest BCUT2D eigenvalue weighted by Gasteiger charge is 2.63. The number of rotatable bonds is 3. The minimum absolute atomic E-state index is 0.0272. The first-order chi connectivity index (χ1) is 8.74. The van der Waals surface area contributed by atoms with Gasteiger partial charge in [0.2, 0.25) is 5.89 Å². The molecule has 2 rings (SSSR count). The molecule has 0 aromatic carbocycles. The highest BCUT2D eigenvalue weighted by Crippen LogP contribution is 2.45. The fraction of sp³-hybridized carbons (Fsp3) is 0.700. The molecule has 1 aromatic heterocycles. The zero-order chi connectivity index (χ0) is 14.3. The number of hydrogen-bond acceptors (Lipinski definition) is 5. The normalized spacial score (nSPS) is 24.8. The number of aliphatic carboxylic acids is 1. The highest BCUT2D eigenvalue weighted by molar-refractivity contribution is 5.76. The van der Waals surface area contributed by atoms with E-state index < -0.39 is 30.5 Å². The number of nitrogens with zero attached hydrogens (tertiary/aromatic N) is 3. The molecule has 9 heteroatoms. The average Bonchev–Trinajstić information content (AvgIpc) is 2.85. The molecule has 19 heavy (non-hydrogen) atoms. The van der Waals surface area contributed by atoms with Crippen molar-refractivity contribution in [2.75, 3.05) is 13.1 Å². The van der Waals surface area contributed by atoms with Crippen LogP contribution in [-0.4, -0.2) is 45.4 Å². The van der Waals surface area contributed by atoms with Crippen LogP contribution >= 0.6 is 0 Å². The van der Waals surface area contributed by atoms with Crippen LogP contribution in [0.15, 0.2) is 4.52 Å². The van der Waals surface area contributed by atoms with Gasteiger partial charge in [0, 0.05) is 20.0 Å². The SMILES string of the molecule is Cc1nc(CN2CCC(C(=O)O)(C(F)(F)F)C2)no1. The van der Waals surface area contributed by atoms with E-state index in [1.807, 2.05) is 0 Å². The van der Waals surface area contributed by atoms with Crippen molar-refractivity contribution in [3.8, 4) is 0 Å². The van der Waals surface area contributed by atoms with Gasteiger partial charge in [0.05, 0.1) is 6.54 Å². The van der Waals surface area contributed by atoms with E-state index >= 15 is 0 Å². The Balaban J connectivity index is 2.11. The van der Waals surface area contributed by atoms with E-state index in [4.69, 9.17) is 9.63 Å². The van der Waals surface area contributed by atoms with E-state index in [0.29, 0.717) is 5.89 Å². The smallest absolute Gasteiger partial charge is 0.406 e. The standard InChI is InChI=1S/C10H12F3N3O3/c1-6-14-7(15-19-6)4-16-3-2-9(5-16,8(17)18)10(11,12)13/h2-5H2,1H3,(H,17,18). The minimum atomic E-state index is -4.78. The first kappa shape index (κ1) is 13.8. The summed E-state index contributed by atoms with van der Waals surface area (Å²) in [6.07, 6.45) is -5.25. The Morgan fingerprint density at radius 1 is 1.58 bits per heavy atom. The number of carboxylic acid groups (broad SMARTS) is 1. The van der Waals surface area contributed by atoms with Crippen LogP contribution < -0.4 is 0 Å². The third-order valence-corrected chi connectivity index (χ3v) is 3.24. The van der Waals surface area contributed by atoms with Crippen LogP contribution in [0.5, 0.6) is 0 Å². The molecule has 1 aliphatic rings. The van der Waals surface area contributed by atoms with Crippen molar-refractivity contribution in [3.63, 3.8) is 0 Å². The second kappa shape index (κ2) is 4.48. The highest BCUT2D eigenvalue weighted by atomic mass is 19.4. The van der Waals surface area contributed by atoms with Crippen molar-refractivity contribution in [1.29, 1.82) is 0 Å². The number of alkyl halides is 3. The van der Waals surface area contributed by atoms with Crippen molar-refractivity contribution < 1.29 is 27.6 Å². The summed E-state index contributed by atoms with van der Waals surface area (Å²) in [5.41, 5.74) is -2.70. The van der Waals surface area contributed by atoms with E-state index in [2.05, 4.69) is 10.1 Å². The van der Waals surface area contributed by atoms with Crippen LogP contribution in [-0.2, 0) is 11.3 Å². The first-order valence-electron chi connectivity index (χ1n) is 5.56. The van der Waals surface area contributed by atoms with E-state index in [1.165, 1.54) is 4.90 Å². The minimum Gasteiger partial charge on any atom is -0.481 e. The van der Waals surface area contributed by atoms with Crippen molar-refractivity contribution >= 4 is 5.97 Å². The number of likely N-dealkylation sites (tertiary alicyclic amines) is 1. The van der Waals surface area contributed by atoms with Gasteiger partial charge in [0.15, 0.2) is 11.2 Å². The molecule has 6 nitrogen and oxygen atoms in total. The Labute approximate surface area is 106 Å². The average molecular weight is 279 g/mol. The molecule has 1 saturated heterocycles. The van der Waals surface area contributed by atoms with Crippen LogP contribution in [0.1, 0.15) is 18.1 Å². The van der Waals surface area contributed by atoms with Gasteiger partial charge >= 0.3 is 12.1 Å². The fourth-order valence-electron chi connectivity index (χ4n) is 2.16. The molecule has 106 valence electrons. The van der Waals surface area contributed by atoms with Crippen LogP contribution in [0.25, 0.3) is 0 Å². The molecule has 0 bridgehead atoms. The number of carboxylic acids is 1. The molecule has 1 aromatic rings. The quantitative estimate of drug-likeness (QED) is 0.896. The van der Waals surface area contributed by atoms with E-state index in [1.54, 1.807) is 6.92 Å². The number of halogens is 3. The molecule has 1 fully saturated rings. The lowest BCUT2D eigenvalue weighted by Gasteiger charge is -2.27. The maximum atomic E-state index is 12.9. The van der Waals surface area contributed by atoms with E-state index in [9.17, 15) is 18.0 Å². The number of carbonyl (C=O) groups is 1. The molecule has 1 unspecified atom stereocenters. The monoisotopic (exact) mass is 279 g/mol.